The van der Waals surface area contributed by atoms with Crippen LogP contribution in [0, 0.1) is 11.8 Å². The lowest BCUT2D eigenvalue weighted by molar-refractivity contribution is -0.0448. The second-order valence-corrected chi connectivity index (χ2v) is 9.27. The number of carbonyl (C=O) groups excluding carboxylic acids is 2. The highest BCUT2D eigenvalue weighted by molar-refractivity contribution is 5.95. The summed E-state index contributed by atoms with van der Waals surface area (Å²) in [6.45, 7) is 0. The number of hydrogen-bond donors (Lipinski definition) is 3. The van der Waals surface area contributed by atoms with E-state index in [0.29, 0.717) is 28.8 Å². The number of pyridine rings is 1. The number of rotatable bonds is 4. The minimum atomic E-state index is -0.262. The van der Waals surface area contributed by atoms with Gasteiger partial charge < -0.3 is 16.4 Å². The van der Waals surface area contributed by atoms with Crippen molar-refractivity contribution in [3.8, 4) is 0 Å². The number of amides is 2. The summed E-state index contributed by atoms with van der Waals surface area (Å²) in [5, 5.41) is 6.66. The maximum atomic E-state index is 13.0. The summed E-state index contributed by atoms with van der Waals surface area (Å²) < 4.78 is 0. The Bertz CT molecular complexity index is 944. The molecule has 4 aliphatic carbocycles. The minimum absolute atomic E-state index is 0.0783. The Hall–Kier alpha value is -2.89. The highest BCUT2D eigenvalue weighted by Gasteiger charge is 2.58. The third-order valence-electron chi connectivity index (χ3n) is 6.86. The van der Waals surface area contributed by atoms with Crippen LogP contribution in [0.25, 0.3) is 0 Å². The largest absolute Gasteiger partial charge is 0.399 e. The van der Waals surface area contributed by atoms with Gasteiger partial charge in [0, 0.05) is 28.5 Å². The van der Waals surface area contributed by atoms with Gasteiger partial charge in [0.25, 0.3) is 11.8 Å². The van der Waals surface area contributed by atoms with E-state index in [4.69, 9.17) is 5.73 Å². The van der Waals surface area contributed by atoms with Gasteiger partial charge in [0.1, 0.15) is 5.69 Å². The van der Waals surface area contributed by atoms with Gasteiger partial charge in [0.2, 0.25) is 0 Å². The molecular formula is C23H26N4O2. The molecule has 0 radical (unpaired) electrons. The molecule has 2 unspecified atom stereocenters. The molecule has 6 heteroatoms. The van der Waals surface area contributed by atoms with Crippen LogP contribution in [0.3, 0.4) is 0 Å². The summed E-state index contributed by atoms with van der Waals surface area (Å²) in [6.07, 6.45) is 7.55. The van der Waals surface area contributed by atoms with E-state index >= 15 is 0 Å². The Morgan fingerprint density at radius 3 is 2.24 bits per heavy atom. The van der Waals surface area contributed by atoms with Crippen molar-refractivity contribution in [3.63, 3.8) is 0 Å². The number of nitrogens with two attached hydrogens (primary N) is 1. The van der Waals surface area contributed by atoms with Gasteiger partial charge in [-0.15, -0.1) is 0 Å². The van der Waals surface area contributed by atoms with Gasteiger partial charge in [-0.1, -0.05) is 12.1 Å². The van der Waals surface area contributed by atoms with Gasteiger partial charge in [0.15, 0.2) is 0 Å². The first-order chi connectivity index (χ1) is 13.9. The van der Waals surface area contributed by atoms with Gasteiger partial charge in [-0.3, -0.25) is 14.6 Å². The van der Waals surface area contributed by atoms with Gasteiger partial charge in [-0.2, -0.15) is 0 Å². The number of aromatic nitrogens is 1. The summed E-state index contributed by atoms with van der Waals surface area (Å²) in [6, 6.07) is 12.5. The Labute approximate surface area is 170 Å². The van der Waals surface area contributed by atoms with Crippen molar-refractivity contribution >= 4 is 17.5 Å². The SMILES string of the molecule is Nc1cccc(C(=O)NC23CC4CC(C2)CC(NC(=O)c2ccccn2)(C4)C3)c1. The molecule has 4 aliphatic rings. The monoisotopic (exact) mass is 390 g/mol. The Morgan fingerprint density at radius 2 is 1.62 bits per heavy atom. The quantitative estimate of drug-likeness (QED) is 0.699. The Balaban J connectivity index is 1.38. The Morgan fingerprint density at radius 1 is 0.931 bits per heavy atom. The van der Waals surface area contributed by atoms with Crippen LogP contribution in [0.2, 0.25) is 0 Å². The van der Waals surface area contributed by atoms with Gasteiger partial charge >= 0.3 is 0 Å². The van der Waals surface area contributed by atoms with Crippen LogP contribution in [-0.4, -0.2) is 27.9 Å². The average molecular weight is 390 g/mol. The number of anilines is 1. The zero-order valence-electron chi connectivity index (χ0n) is 16.4. The third kappa shape index (κ3) is 3.37. The number of nitrogens with zero attached hydrogens (tertiary/aromatic N) is 1. The fraction of sp³-hybridized carbons (Fsp3) is 0.435. The lowest BCUT2D eigenvalue weighted by Gasteiger charge is -2.62. The summed E-state index contributed by atoms with van der Waals surface area (Å²) in [5.41, 5.74) is 6.95. The van der Waals surface area contributed by atoms with E-state index in [-0.39, 0.29) is 22.9 Å². The molecule has 6 rings (SSSR count). The molecule has 0 aliphatic heterocycles. The third-order valence-corrected chi connectivity index (χ3v) is 6.86. The molecule has 2 aromatic rings. The fourth-order valence-corrected chi connectivity index (χ4v) is 6.35. The molecule has 1 heterocycles. The van der Waals surface area contributed by atoms with Crippen molar-refractivity contribution in [2.45, 2.75) is 49.6 Å². The summed E-state index contributed by atoms with van der Waals surface area (Å²) in [5.74, 6) is 0.859. The van der Waals surface area contributed by atoms with Crippen molar-refractivity contribution in [1.29, 1.82) is 0 Å². The molecule has 0 saturated heterocycles. The predicted molar refractivity (Wildman–Crippen MR) is 110 cm³/mol. The number of benzene rings is 1. The van der Waals surface area contributed by atoms with Gasteiger partial charge in [-0.25, -0.2) is 0 Å². The Kier molecular flexibility index (Phi) is 4.12. The van der Waals surface area contributed by atoms with Crippen LogP contribution in [0.5, 0.6) is 0 Å². The molecule has 4 fully saturated rings. The topological polar surface area (TPSA) is 97.1 Å². The second kappa shape index (κ2) is 6.58. The summed E-state index contributed by atoms with van der Waals surface area (Å²) >= 11 is 0. The van der Waals surface area contributed by atoms with Crippen LogP contribution < -0.4 is 16.4 Å². The van der Waals surface area contributed by atoms with E-state index in [1.54, 1.807) is 36.5 Å². The number of nitrogen functional groups attached to an aromatic ring is 1. The first kappa shape index (κ1) is 18.2. The van der Waals surface area contributed by atoms with Crippen LogP contribution in [-0.2, 0) is 0 Å². The number of carbonyl (C=O) groups is 2. The minimum Gasteiger partial charge on any atom is -0.399 e. The molecule has 4 bridgehead atoms. The van der Waals surface area contributed by atoms with Crippen molar-refractivity contribution in [2.75, 3.05) is 5.73 Å². The normalized spacial score (nSPS) is 32.0. The van der Waals surface area contributed by atoms with E-state index in [1.165, 1.54) is 6.42 Å². The average Bonchev–Trinajstić information content (AvgIpc) is 2.67. The number of hydrogen-bond acceptors (Lipinski definition) is 4. The fourth-order valence-electron chi connectivity index (χ4n) is 6.35. The predicted octanol–water partition coefficient (Wildman–Crippen LogP) is 2.92. The first-order valence-corrected chi connectivity index (χ1v) is 10.4. The molecule has 2 amide bonds. The maximum Gasteiger partial charge on any atom is 0.270 e. The molecular weight excluding hydrogens is 364 g/mol. The van der Waals surface area contributed by atoms with Crippen molar-refractivity contribution in [2.24, 2.45) is 11.8 Å². The number of nitrogens with one attached hydrogen (secondary N) is 2. The van der Waals surface area contributed by atoms with E-state index in [9.17, 15) is 9.59 Å². The van der Waals surface area contributed by atoms with Crippen molar-refractivity contribution < 1.29 is 9.59 Å². The van der Waals surface area contributed by atoms with Crippen molar-refractivity contribution in [3.05, 3.63) is 59.9 Å². The smallest absolute Gasteiger partial charge is 0.270 e. The molecule has 4 N–H and O–H groups in total. The molecule has 1 aromatic heterocycles. The molecule has 2 atom stereocenters. The lowest BCUT2D eigenvalue weighted by Crippen LogP contribution is -2.69. The molecule has 1 aromatic carbocycles. The van der Waals surface area contributed by atoms with Gasteiger partial charge in [0.05, 0.1) is 0 Å². The molecule has 4 saturated carbocycles. The summed E-state index contributed by atoms with van der Waals surface area (Å²) in [4.78, 5) is 30.0. The molecule has 0 spiro atoms. The highest BCUT2D eigenvalue weighted by atomic mass is 16.2. The highest BCUT2D eigenvalue weighted by Crippen LogP contribution is 2.57. The standard InChI is InChI=1S/C23H26N4O2/c24-18-5-3-4-17(9-18)20(28)26-22-10-15-8-16(11-22)13-23(12-15,14-22)27-21(29)19-6-1-2-7-25-19/h1-7,9,15-16H,8,10-14,24H2,(H,26,28)(H,27,29). The molecule has 150 valence electrons. The van der Waals surface area contributed by atoms with E-state index in [1.807, 2.05) is 12.1 Å². The lowest BCUT2D eigenvalue weighted by atomic mass is 9.49. The maximum absolute atomic E-state index is 13.0. The van der Waals surface area contributed by atoms with Crippen LogP contribution in [0.4, 0.5) is 5.69 Å². The molecule has 6 nitrogen and oxygen atoms in total. The van der Waals surface area contributed by atoms with Crippen LogP contribution >= 0.6 is 0 Å². The second-order valence-electron chi connectivity index (χ2n) is 9.27. The van der Waals surface area contributed by atoms with Crippen molar-refractivity contribution in [1.82, 2.24) is 15.6 Å². The first-order valence-electron chi connectivity index (χ1n) is 10.4. The summed E-state index contributed by atoms with van der Waals surface area (Å²) in [7, 11) is 0. The molecule has 29 heavy (non-hydrogen) atoms. The van der Waals surface area contributed by atoms with E-state index in [0.717, 1.165) is 32.1 Å². The van der Waals surface area contributed by atoms with Gasteiger partial charge in [-0.05, 0) is 80.7 Å². The zero-order chi connectivity index (χ0) is 20.1. The van der Waals surface area contributed by atoms with E-state index in [2.05, 4.69) is 15.6 Å². The van der Waals surface area contributed by atoms with Crippen LogP contribution in [0.15, 0.2) is 48.7 Å². The van der Waals surface area contributed by atoms with Crippen LogP contribution in [0.1, 0.15) is 59.4 Å². The van der Waals surface area contributed by atoms with E-state index < -0.39 is 0 Å². The zero-order valence-corrected chi connectivity index (χ0v) is 16.4.